The summed E-state index contributed by atoms with van der Waals surface area (Å²) in [5, 5.41) is 6.33. The fraction of sp³-hybridized carbons (Fsp3) is 0.148. The van der Waals surface area contributed by atoms with Gasteiger partial charge >= 0.3 is 0 Å². The van der Waals surface area contributed by atoms with Crippen LogP contribution in [-0.2, 0) is 16.0 Å². The molecule has 3 aromatic carbocycles. The Kier molecular flexibility index (Phi) is 6.53. The van der Waals surface area contributed by atoms with E-state index in [0.717, 1.165) is 39.5 Å². The summed E-state index contributed by atoms with van der Waals surface area (Å²) in [6.45, 7) is 1.81. The molecule has 4 aromatic rings. The van der Waals surface area contributed by atoms with Crippen LogP contribution in [-0.4, -0.2) is 29.9 Å². The summed E-state index contributed by atoms with van der Waals surface area (Å²) < 4.78 is 5.63. The first-order chi connectivity index (χ1) is 17.0. The number of anilines is 2. The van der Waals surface area contributed by atoms with Crippen LogP contribution in [0.4, 0.5) is 11.4 Å². The highest BCUT2D eigenvalue weighted by Gasteiger charge is 2.28. The predicted octanol–water partition coefficient (Wildman–Crippen LogP) is 6.06. The van der Waals surface area contributed by atoms with Crippen molar-refractivity contribution in [2.45, 2.75) is 13.3 Å². The summed E-state index contributed by atoms with van der Waals surface area (Å²) in [7, 11) is 0. The van der Waals surface area contributed by atoms with Gasteiger partial charge in [0.1, 0.15) is 17.3 Å². The van der Waals surface area contributed by atoms with Gasteiger partial charge in [0.2, 0.25) is 5.91 Å². The van der Waals surface area contributed by atoms with E-state index in [2.05, 4.69) is 5.32 Å². The number of carbonyl (C=O) groups excluding carboxylic acids is 2. The van der Waals surface area contributed by atoms with Gasteiger partial charge in [-0.25, -0.2) is 4.98 Å². The molecule has 0 bridgehead atoms. The fourth-order valence-corrected chi connectivity index (χ4v) is 5.13. The first-order valence-corrected chi connectivity index (χ1v) is 12.4. The molecule has 6 nitrogen and oxygen atoms in total. The molecule has 0 atom stereocenters. The fourth-order valence-electron chi connectivity index (χ4n) is 3.98. The number of ether oxygens (including phenoxy) is 1. The predicted molar refractivity (Wildman–Crippen MR) is 140 cm³/mol. The first-order valence-electron chi connectivity index (χ1n) is 11.2. The Morgan fingerprint density at radius 2 is 1.94 bits per heavy atom. The number of para-hydroxylation sites is 1. The molecule has 35 heavy (non-hydrogen) atoms. The van der Waals surface area contributed by atoms with E-state index in [9.17, 15) is 9.59 Å². The maximum Gasteiger partial charge on any atom is 0.265 e. The quantitative estimate of drug-likeness (QED) is 0.347. The van der Waals surface area contributed by atoms with Crippen LogP contribution in [0.5, 0.6) is 5.75 Å². The van der Waals surface area contributed by atoms with Crippen LogP contribution >= 0.6 is 22.9 Å². The minimum absolute atomic E-state index is 0.112. The van der Waals surface area contributed by atoms with Gasteiger partial charge in [-0.2, -0.15) is 0 Å². The lowest BCUT2D eigenvalue weighted by Gasteiger charge is -2.29. The molecule has 0 spiro atoms. The van der Waals surface area contributed by atoms with E-state index in [1.165, 1.54) is 16.2 Å². The van der Waals surface area contributed by atoms with Crippen LogP contribution in [0.3, 0.4) is 0 Å². The Hall–Kier alpha value is -3.68. The molecule has 0 radical (unpaired) electrons. The number of amides is 2. The smallest absolute Gasteiger partial charge is 0.265 e. The second-order valence-corrected chi connectivity index (χ2v) is 9.29. The zero-order chi connectivity index (χ0) is 24.4. The van der Waals surface area contributed by atoms with Crippen molar-refractivity contribution in [3.63, 3.8) is 0 Å². The van der Waals surface area contributed by atoms with Crippen molar-refractivity contribution < 1.29 is 14.3 Å². The van der Waals surface area contributed by atoms with Gasteiger partial charge in [-0.15, -0.1) is 11.3 Å². The van der Waals surface area contributed by atoms with Crippen molar-refractivity contribution >= 4 is 46.1 Å². The SMILES string of the molecule is CCc1ccccc1NC(=O)CN1C(=O)COc2ccc(-c3csc(-c4ccccc4Cl)n3)cc21. The van der Waals surface area contributed by atoms with Crippen molar-refractivity contribution in [2.75, 3.05) is 23.4 Å². The third-order valence-electron chi connectivity index (χ3n) is 5.78. The van der Waals surface area contributed by atoms with Gasteiger partial charge in [0.05, 0.1) is 16.4 Å². The maximum absolute atomic E-state index is 12.9. The largest absolute Gasteiger partial charge is 0.482 e. The van der Waals surface area contributed by atoms with Gasteiger partial charge in [0, 0.05) is 22.2 Å². The maximum atomic E-state index is 12.9. The number of halogens is 1. The van der Waals surface area contributed by atoms with Gasteiger partial charge in [0.15, 0.2) is 6.61 Å². The van der Waals surface area contributed by atoms with Crippen molar-refractivity contribution in [3.8, 4) is 27.6 Å². The number of carbonyl (C=O) groups is 2. The molecule has 8 heteroatoms. The number of thiazole rings is 1. The number of nitrogens with one attached hydrogen (secondary N) is 1. The molecule has 1 aliphatic heterocycles. The van der Waals surface area contributed by atoms with Crippen molar-refractivity contribution in [1.82, 2.24) is 4.98 Å². The number of benzene rings is 3. The summed E-state index contributed by atoms with van der Waals surface area (Å²) in [5.74, 6) is 0.00689. The Morgan fingerprint density at radius 1 is 1.14 bits per heavy atom. The molecular formula is C27H22ClN3O3S. The lowest BCUT2D eigenvalue weighted by molar-refractivity contribution is -0.123. The zero-order valence-electron chi connectivity index (χ0n) is 19.0. The lowest BCUT2D eigenvalue weighted by Crippen LogP contribution is -2.43. The highest BCUT2D eigenvalue weighted by atomic mass is 35.5. The molecule has 0 aliphatic carbocycles. The number of aryl methyl sites for hydroxylation is 1. The molecule has 0 unspecified atom stereocenters. The van der Waals surface area contributed by atoms with Crippen LogP contribution in [0.25, 0.3) is 21.8 Å². The van der Waals surface area contributed by atoms with Crippen LogP contribution in [0.15, 0.2) is 72.1 Å². The Labute approximate surface area is 212 Å². The third-order valence-corrected chi connectivity index (χ3v) is 6.99. The van der Waals surface area contributed by atoms with Gasteiger partial charge in [-0.3, -0.25) is 14.5 Å². The molecule has 0 saturated heterocycles. The molecule has 5 rings (SSSR count). The van der Waals surface area contributed by atoms with E-state index in [1.54, 1.807) is 0 Å². The zero-order valence-corrected chi connectivity index (χ0v) is 20.5. The minimum Gasteiger partial charge on any atom is -0.482 e. The minimum atomic E-state index is -0.274. The summed E-state index contributed by atoms with van der Waals surface area (Å²) in [5.41, 5.74) is 4.78. The van der Waals surface area contributed by atoms with E-state index in [4.69, 9.17) is 21.3 Å². The first kappa shape index (κ1) is 23.1. The number of rotatable bonds is 6. The third kappa shape index (κ3) is 4.78. The number of fused-ring (bicyclic) bond motifs is 1. The summed E-state index contributed by atoms with van der Waals surface area (Å²) >= 11 is 7.83. The van der Waals surface area contributed by atoms with E-state index in [1.807, 2.05) is 79.0 Å². The van der Waals surface area contributed by atoms with Crippen LogP contribution in [0.2, 0.25) is 5.02 Å². The van der Waals surface area contributed by atoms with Crippen molar-refractivity contribution in [2.24, 2.45) is 0 Å². The van der Waals surface area contributed by atoms with E-state index >= 15 is 0 Å². The summed E-state index contributed by atoms with van der Waals surface area (Å²) in [4.78, 5) is 31.8. The Bertz CT molecular complexity index is 1420. The monoisotopic (exact) mass is 503 g/mol. The van der Waals surface area contributed by atoms with E-state index in [0.29, 0.717) is 16.5 Å². The number of hydrogen-bond donors (Lipinski definition) is 1. The van der Waals surface area contributed by atoms with Gasteiger partial charge < -0.3 is 10.1 Å². The molecule has 2 amide bonds. The molecule has 1 N–H and O–H groups in total. The standard InChI is InChI=1S/C27H22ClN3O3S/c1-2-17-7-3-6-10-21(17)29-25(32)14-31-23-13-18(11-12-24(23)34-15-26(31)33)22-16-35-27(30-22)19-8-4-5-9-20(19)28/h3-13,16H,2,14-15H2,1H3,(H,29,32). The van der Waals surface area contributed by atoms with Gasteiger partial charge in [-0.05, 0) is 42.3 Å². The van der Waals surface area contributed by atoms with Gasteiger partial charge in [0.25, 0.3) is 5.91 Å². The second kappa shape index (κ2) is 9.90. The van der Waals surface area contributed by atoms with Crippen molar-refractivity contribution in [1.29, 1.82) is 0 Å². The second-order valence-electron chi connectivity index (χ2n) is 8.03. The Morgan fingerprint density at radius 3 is 2.77 bits per heavy atom. The van der Waals surface area contributed by atoms with Crippen LogP contribution < -0.4 is 15.0 Å². The molecule has 176 valence electrons. The summed E-state index contributed by atoms with van der Waals surface area (Å²) in [6, 6.07) is 20.8. The Balaban J connectivity index is 1.41. The molecule has 1 aromatic heterocycles. The number of hydrogen-bond acceptors (Lipinski definition) is 5. The lowest BCUT2D eigenvalue weighted by atomic mass is 10.1. The molecule has 0 saturated carbocycles. The van der Waals surface area contributed by atoms with Crippen LogP contribution in [0, 0.1) is 0 Å². The molecular weight excluding hydrogens is 482 g/mol. The molecule has 2 heterocycles. The topological polar surface area (TPSA) is 71.5 Å². The van der Waals surface area contributed by atoms with Gasteiger partial charge in [-0.1, -0.05) is 54.9 Å². The average molecular weight is 504 g/mol. The van der Waals surface area contributed by atoms with Crippen molar-refractivity contribution in [3.05, 3.63) is 82.7 Å². The highest BCUT2D eigenvalue weighted by Crippen LogP contribution is 2.38. The van der Waals surface area contributed by atoms with E-state index in [-0.39, 0.29) is 25.0 Å². The number of aromatic nitrogens is 1. The van der Waals surface area contributed by atoms with Crippen LogP contribution in [0.1, 0.15) is 12.5 Å². The van der Waals surface area contributed by atoms with E-state index < -0.39 is 0 Å². The normalized spacial score (nSPS) is 12.7. The highest BCUT2D eigenvalue weighted by molar-refractivity contribution is 7.13. The average Bonchev–Trinajstić information content (AvgIpc) is 3.36. The molecule has 0 fully saturated rings. The summed E-state index contributed by atoms with van der Waals surface area (Å²) in [6.07, 6.45) is 0.795. The number of nitrogens with zero attached hydrogens (tertiary/aromatic N) is 2. The molecule has 1 aliphatic rings.